The Labute approximate surface area is 169 Å². The quantitative estimate of drug-likeness (QED) is 0.753. The van der Waals surface area contributed by atoms with Crippen LogP contribution in [0, 0.1) is 20.8 Å². The third-order valence-electron chi connectivity index (χ3n) is 5.46. The van der Waals surface area contributed by atoms with E-state index in [9.17, 15) is 4.79 Å². The number of amides is 1. The molecule has 2 rings (SSSR count). The van der Waals surface area contributed by atoms with Crippen molar-refractivity contribution >= 4 is 16.9 Å². The number of hydrogen-bond donors (Lipinski definition) is 1. The second kappa shape index (κ2) is 9.03. The molecule has 2 aromatic heterocycles. The van der Waals surface area contributed by atoms with E-state index in [0.717, 1.165) is 42.1 Å². The van der Waals surface area contributed by atoms with Crippen LogP contribution in [-0.4, -0.2) is 51.8 Å². The predicted molar refractivity (Wildman–Crippen MR) is 116 cm³/mol. The van der Waals surface area contributed by atoms with Gasteiger partial charge in [0.15, 0.2) is 5.65 Å². The summed E-state index contributed by atoms with van der Waals surface area (Å²) in [5, 5.41) is 8.91. The molecule has 0 aliphatic rings. The molecule has 1 N–H and O–H groups in total. The van der Waals surface area contributed by atoms with Gasteiger partial charge in [0, 0.05) is 30.6 Å². The molecule has 0 bridgehead atoms. The summed E-state index contributed by atoms with van der Waals surface area (Å²) in [4.78, 5) is 19.5. The molecule has 156 valence electrons. The SMILES string of the molecule is CCN(CC)CCNC(=O)CCc1c(C)nc2c(c(C)nn2C(C)(C)C)c1C. The summed E-state index contributed by atoms with van der Waals surface area (Å²) in [5.74, 6) is 0.105. The van der Waals surface area contributed by atoms with Crippen LogP contribution in [0.25, 0.3) is 11.0 Å². The van der Waals surface area contributed by atoms with Gasteiger partial charge in [-0.3, -0.25) is 4.79 Å². The zero-order valence-electron chi connectivity index (χ0n) is 18.9. The zero-order valence-corrected chi connectivity index (χ0v) is 18.9. The van der Waals surface area contributed by atoms with Gasteiger partial charge in [-0.25, -0.2) is 9.67 Å². The third-order valence-corrected chi connectivity index (χ3v) is 5.46. The van der Waals surface area contributed by atoms with E-state index >= 15 is 0 Å². The topological polar surface area (TPSA) is 63.1 Å². The molecule has 1 amide bonds. The van der Waals surface area contributed by atoms with Gasteiger partial charge in [0.2, 0.25) is 5.91 Å². The van der Waals surface area contributed by atoms with Crippen molar-refractivity contribution in [3.8, 4) is 0 Å². The Balaban J connectivity index is 2.13. The minimum absolute atomic E-state index is 0.105. The number of hydrogen-bond acceptors (Lipinski definition) is 4. The number of fused-ring (bicyclic) bond motifs is 1. The summed E-state index contributed by atoms with van der Waals surface area (Å²) in [5.41, 5.74) is 5.18. The molecular formula is C22H37N5O. The Morgan fingerprint density at radius 2 is 1.75 bits per heavy atom. The normalized spacial score (nSPS) is 12.2. The van der Waals surface area contributed by atoms with Crippen LogP contribution in [0.4, 0.5) is 0 Å². The number of rotatable bonds is 8. The summed E-state index contributed by atoms with van der Waals surface area (Å²) in [6, 6.07) is 0. The van der Waals surface area contributed by atoms with E-state index in [1.807, 2.05) is 18.5 Å². The van der Waals surface area contributed by atoms with Gasteiger partial charge in [-0.1, -0.05) is 13.8 Å². The van der Waals surface area contributed by atoms with Gasteiger partial charge in [-0.15, -0.1) is 0 Å². The molecule has 0 spiro atoms. The Kier molecular flexibility index (Phi) is 7.21. The average molecular weight is 388 g/mol. The van der Waals surface area contributed by atoms with Crippen LogP contribution in [0.1, 0.15) is 63.6 Å². The molecule has 0 atom stereocenters. The van der Waals surface area contributed by atoms with Crippen LogP contribution < -0.4 is 5.32 Å². The van der Waals surface area contributed by atoms with Crippen LogP contribution in [0.15, 0.2) is 0 Å². The van der Waals surface area contributed by atoms with Crippen LogP contribution in [0.5, 0.6) is 0 Å². The minimum atomic E-state index is -0.120. The maximum absolute atomic E-state index is 12.3. The van der Waals surface area contributed by atoms with E-state index in [0.29, 0.717) is 19.4 Å². The first-order chi connectivity index (χ1) is 13.1. The first kappa shape index (κ1) is 22.3. The van der Waals surface area contributed by atoms with Gasteiger partial charge >= 0.3 is 0 Å². The van der Waals surface area contributed by atoms with Crippen LogP contribution in [0.2, 0.25) is 0 Å². The van der Waals surface area contributed by atoms with Crippen molar-refractivity contribution in [1.82, 2.24) is 25.0 Å². The number of carbonyl (C=O) groups excluding carboxylic acids is 1. The summed E-state index contributed by atoms with van der Waals surface area (Å²) >= 11 is 0. The van der Waals surface area contributed by atoms with E-state index in [1.54, 1.807) is 0 Å². The van der Waals surface area contributed by atoms with Crippen molar-refractivity contribution in [2.45, 2.75) is 73.8 Å². The highest BCUT2D eigenvalue weighted by Crippen LogP contribution is 2.29. The molecule has 6 heteroatoms. The molecule has 2 heterocycles. The molecule has 6 nitrogen and oxygen atoms in total. The van der Waals surface area contributed by atoms with Crippen molar-refractivity contribution in [3.63, 3.8) is 0 Å². The Hall–Kier alpha value is -1.95. The van der Waals surface area contributed by atoms with E-state index < -0.39 is 0 Å². The molecule has 0 aliphatic carbocycles. The van der Waals surface area contributed by atoms with Crippen molar-refractivity contribution < 1.29 is 4.79 Å². The van der Waals surface area contributed by atoms with Crippen molar-refractivity contribution in [2.75, 3.05) is 26.2 Å². The standard InChI is InChI=1S/C22H37N5O/c1-9-26(10-2)14-13-23-19(28)12-11-18-15(3)20-17(5)25-27(22(6,7)8)21(20)24-16(18)4/h9-14H2,1-8H3,(H,23,28). The maximum Gasteiger partial charge on any atom is 0.220 e. The summed E-state index contributed by atoms with van der Waals surface area (Å²) in [6.07, 6.45) is 1.19. The molecule has 28 heavy (non-hydrogen) atoms. The second-order valence-electron chi connectivity index (χ2n) is 8.54. The minimum Gasteiger partial charge on any atom is -0.355 e. The first-order valence-corrected chi connectivity index (χ1v) is 10.4. The van der Waals surface area contributed by atoms with Crippen LogP contribution >= 0.6 is 0 Å². The summed E-state index contributed by atoms with van der Waals surface area (Å²) in [6.45, 7) is 20.5. The van der Waals surface area contributed by atoms with Crippen molar-refractivity contribution in [2.24, 2.45) is 0 Å². The van der Waals surface area contributed by atoms with E-state index in [1.165, 1.54) is 11.1 Å². The fraction of sp³-hybridized carbons (Fsp3) is 0.682. The molecule has 0 fully saturated rings. The number of aryl methyl sites for hydroxylation is 3. The number of aromatic nitrogens is 3. The smallest absolute Gasteiger partial charge is 0.220 e. The molecule has 2 aromatic rings. The van der Waals surface area contributed by atoms with E-state index in [2.05, 4.69) is 51.8 Å². The third kappa shape index (κ3) is 4.90. The van der Waals surface area contributed by atoms with Crippen LogP contribution in [-0.2, 0) is 16.8 Å². The zero-order chi connectivity index (χ0) is 21.1. The largest absolute Gasteiger partial charge is 0.355 e. The first-order valence-electron chi connectivity index (χ1n) is 10.4. The lowest BCUT2D eigenvalue weighted by molar-refractivity contribution is -0.121. The van der Waals surface area contributed by atoms with Crippen LogP contribution in [0.3, 0.4) is 0 Å². The Morgan fingerprint density at radius 3 is 2.32 bits per heavy atom. The maximum atomic E-state index is 12.3. The van der Waals surface area contributed by atoms with Crippen molar-refractivity contribution in [3.05, 3.63) is 22.5 Å². The molecule has 0 saturated heterocycles. The molecule has 0 saturated carbocycles. The van der Waals surface area contributed by atoms with Gasteiger partial charge < -0.3 is 10.2 Å². The molecule has 0 unspecified atom stereocenters. The number of carbonyl (C=O) groups is 1. The summed E-state index contributed by atoms with van der Waals surface area (Å²) in [7, 11) is 0. The average Bonchev–Trinajstić information content (AvgIpc) is 2.95. The van der Waals surface area contributed by atoms with E-state index in [4.69, 9.17) is 10.1 Å². The Bertz CT molecular complexity index is 828. The number of likely N-dealkylation sites (N-methyl/N-ethyl adjacent to an activating group) is 1. The van der Waals surface area contributed by atoms with E-state index in [-0.39, 0.29) is 11.4 Å². The molecule has 0 aliphatic heterocycles. The fourth-order valence-electron chi connectivity index (χ4n) is 3.76. The second-order valence-corrected chi connectivity index (χ2v) is 8.54. The highest BCUT2D eigenvalue weighted by atomic mass is 16.1. The van der Waals surface area contributed by atoms with Gasteiger partial charge in [-0.2, -0.15) is 5.10 Å². The molecule has 0 radical (unpaired) electrons. The van der Waals surface area contributed by atoms with Gasteiger partial charge in [0.25, 0.3) is 0 Å². The van der Waals surface area contributed by atoms with Gasteiger partial charge in [-0.05, 0) is 72.2 Å². The number of pyridine rings is 1. The number of nitrogens with one attached hydrogen (secondary N) is 1. The monoisotopic (exact) mass is 387 g/mol. The van der Waals surface area contributed by atoms with Gasteiger partial charge in [0.1, 0.15) is 0 Å². The van der Waals surface area contributed by atoms with Crippen molar-refractivity contribution in [1.29, 1.82) is 0 Å². The Morgan fingerprint density at radius 1 is 1.11 bits per heavy atom. The summed E-state index contributed by atoms with van der Waals surface area (Å²) < 4.78 is 2.02. The molecular weight excluding hydrogens is 350 g/mol. The number of nitrogens with zero attached hydrogens (tertiary/aromatic N) is 4. The fourth-order valence-corrected chi connectivity index (χ4v) is 3.76. The lowest BCUT2D eigenvalue weighted by Gasteiger charge is -2.20. The van der Waals surface area contributed by atoms with Gasteiger partial charge in [0.05, 0.1) is 11.2 Å². The highest BCUT2D eigenvalue weighted by molar-refractivity contribution is 5.84. The lowest BCUT2D eigenvalue weighted by atomic mass is 9.99. The predicted octanol–water partition coefficient (Wildman–Crippen LogP) is 3.50. The highest BCUT2D eigenvalue weighted by Gasteiger charge is 2.23. The lowest BCUT2D eigenvalue weighted by Crippen LogP contribution is -2.34. The molecule has 0 aromatic carbocycles.